The van der Waals surface area contributed by atoms with Gasteiger partial charge in [0.05, 0.1) is 23.9 Å². The molecule has 1 fully saturated rings. The Morgan fingerprint density at radius 2 is 1.91 bits per heavy atom. The predicted octanol–water partition coefficient (Wildman–Crippen LogP) is 3.34. The fourth-order valence-electron chi connectivity index (χ4n) is 3.05. The molecule has 0 saturated carbocycles. The van der Waals surface area contributed by atoms with Crippen LogP contribution in [0.25, 0.3) is 11.4 Å². The molecule has 0 amide bonds. The minimum Gasteiger partial charge on any atom is -0.373 e. The molecule has 0 radical (unpaired) electrons. The number of aromatic nitrogens is 3. The van der Waals surface area contributed by atoms with Crippen LogP contribution in [0.3, 0.4) is 0 Å². The lowest BCUT2D eigenvalue weighted by Crippen LogP contribution is -2.46. The van der Waals surface area contributed by atoms with Gasteiger partial charge in [-0.3, -0.25) is 4.90 Å². The Labute approximate surface area is 146 Å². The highest BCUT2D eigenvalue weighted by atomic mass is 35.5. The molecule has 2 aromatic rings. The zero-order valence-electron chi connectivity index (χ0n) is 13.6. The molecule has 124 valence electrons. The number of hydrogen-bond acceptors (Lipinski definition) is 4. The van der Waals surface area contributed by atoms with Crippen LogP contribution in [-0.2, 0) is 18.5 Å². The molecule has 23 heavy (non-hydrogen) atoms. The SMILES string of the molecule is C[C@@H]1CN(Cn2nc(-c3ccccc3Cl)n(C)c2=S)C[C@H](C)O1. The predicted molar refractivity (Wildman–Crippen MR) is 94.1 cm³/mol. The quantitative estimate of drug-likeness (QED) is 0.794. The number of hydrogen-bond donors (Lipinski definition) is 0. The molecule has 0 N–H and O–H groups in total. The van der Waals surface area contributed by atoms with Crippen molar-refractivity contribution in [1.82, 2.24) is 19.2 Å². The van der Waals surface area contributed by atoms with Gasteiger partial charge in [0, 0.05) is 25.7 Å². The molecule has 2 heterocycles. The van der Waals surface area contributed by atoms with Gasteiger partial charge in [-0.15, -0.1) is 0 Å². The fraction of sp³-hybridized carbons (Fsp3) is 0.500. The Hall–Kier alpha value is -1.21. The minimum atomic E-state index is 0.222. The number of halogens is 1. The lowest BCUT2D eigenvalue weighted by atomic mass is 10.2. The molecule has 1 aliphatic rings. The summed E-state index contributed by atoms with van der Waals surface area (Å²) in [6, 6.07) is 7.69. The fourth-order valence-corrected chi connectivity index (χ4v) is 3.45. The summed E-state index contributed by atoms with van der Waals surface area (Å²) in [5.41, 5.74) is 0.894. The van der Waals surface area contributed by atoms with Gasteiger partial charge in [-0.2, -0.15) is 5.10 Å². The van der Waals surface area contributed by atoms with E-state index in [1.54, 1.807) is 0 Å². The van der Waals surface area contributed by atoms with Crippen LogP contribution >= 0.6 is 23.8 Å². The molecular formula is C16H21ClN4OS. The largest absolute Gasteiger partial charge is 0.373 e. The van der Waals surface area contributed by atoms with E-state index < -0.39 is 0 Å². The van der Waals surface area contributed by atoms with Crippen molar-refractivity contribution in [1.29, 1.82) is 0 Å². The van der Waals surface area contributed by atoms with Crippen molar-refractivity contribution in [2.45, 2.75) is 32.7 Å². The van der Waals surface area contributed by atoms with Gasteiger partial charge in [-0.25, -0.2) is 4.68 Å². The second-order valence-corrected chi connectivity index (χ2v) is 6.85. The zero-order chi connectivity index (χ0) is 16.6. The van der Waals surface area contributed by atoms with Gasteiger partial charge in [-0.1, -0.05) is 23.7 Å². The number of rotatable bonds is 3. The van der Waals surface area contributed by atoms with Crippen molar-refractivity contribution in [3.63, 3.8) is 0 Å². The van der Waals surface area contributed by atoms with Crippen LogP contribution in [0.4, 0.5) is 0 Å². The highest BCUT2D eigenvalue weighted by Gasteiger charge is 2.23. The summed E-state index contributed by atoms with van der Waals surface area (Å²) < 4.78 is 10.2. The third-order valence-electron chi connectivity index (χ3n) is 3.98. The number of ether oxygens (including phenoxy) is 1. The number of morpholine rings is 1. The average molecular weight is 353 g/mol. The van der Waals surface area contributed by atoms with Crippen LogP contribution in [-0.4, -0.2) is 44.5 Å². The van der Waals surface area contributed by atoms with Gasteiger partial charge < -0.3 is 9.30 Å². The second-order valence-electron chi connectivity index (χ2n) is 6.08. The van der Waals surface area contributed by atoms with Gasteiger partial charge in [0.15, 0.2) is 10.6 Å². The first-order valence-electron chi connectivity index (χ1n) is 7.72. The maximum atomic E-state index is 6.30. The van der Waals surface area contributed by atoms with Crippen molar-refractivity contribution < 1.29 is 4.74 Å². The Bertz CT molecular complexity index is 747. The van der Waals surface area contributed by atoms with Crippen LogP contribution in [0.2, 0.25) is 5.02 Å². The van der Waals surface area contributed by atoms with Crippen molar-refractivity contribution in [3.8, 4) is 11.4 Å². The van der Waals surface area contributed by atoms with E-state index in [1.807, 2.05) is 40.6 Å². The minimum absolute atomic E-state index is 0.222. The zero-order valence-corrected chi connectivity index (χ0v) is 15.1. The topological polar surface area (TPSA) is 35.2 Å². The smallest absolute Gasteiger partial charge is 0.199 e. The summed E-state index contributed by atoms with van der Waals surface area (Å²) in [7, 11) is 1.93. The standard InChI is InChI=1S/C16H21ClN4OS/c1-11-8-20(9-12(2)22-11)10-21-16(23)19(3)15(18-21)13-6-4-5-7-14(13)17/h4-7,11-12H,8-10H2,1-3H3/t11-,12+. The van der Waals surface area contributed by atoms with Crippen LogP contribution in [0, 0.1) is 4.77 Å². The van der Waals surface area contributed by atoms with E-state index in [1.165, 1.54) is 0 Å². The van der Waals surface area contributed by atoms with Crippen LogP contribution in [0.1, 0.15) is 13.8 Å². The Kier molecular flexibility index (Phi) is 4.87. The molecule has 5 nitrogen and oxygen atoms in total. The summed E-state index contributed by atoms with van der Waals surface area (Å²) in [6.45, 7) is 6.61. The van der Waals surface area contributed by atoms with Gasteiger partial charge in [0.1, 0.15) is 0 Å². The third-order valence-corrected chi connectivity index (χ3v) is 4.80. The molecule has 1 aromatic carbocycles. The highest BCUT2D eigenvalue weighted by molar-refractivity contribution is 7.71. The first kappa shape index (κ1) is 16.6. The molecule has 1 aromatic heterocycles. The van der Waals surface area contributed by atoms with Crippen molar-refractivity contribution in [2.75, 3.05) is 13.1 Å². The Balaban J connectivity index is 1.89. The molecule has 0 aliphatic carbocycles. The van der Waals surface area contributed by atoms with E-state index in [9.17, 15) is 0 Å². The molecule has 0 spiro atoms. The van der Waals surface area contributed by atoms with E-state index in [2.05, 4.69) is 18.7 Å². The molecule has 0 unspecified atom stereocenters. The average Bonchev–Trinajstić information content (AvgIpc) is 2.75. The van der Waals surface area contributed by atoms with Crippen LogP contribution < -0.4 is 0 Å². The van der Waals surface area contributed by atoms with E-state index >= 15 is 0 Å². The van der Waals surface area contributed by atoms with E-state index in [0.717, 1.165) is 24.5 Å². The first-order chi connectivity index (χ1) is 11.0. The monoisotopic (exact) mass is 352 g/mol. The lowest BCUT2D eigenvalue weighted by Gasteiger charge is -2.34. The van der Waals surface area contributed by atoms with Crippen molar-refractivity contribution in [3.05, 3.63) is 34.1 Å². The summed E-state index contributed by atoms with van der Waals surface area (Å²) >= 11 is 11.8. The Morgan fingerprint density at radius 1 is 1.26 bits per heavy atom. The maximum absolute atomic E-state index is 6.30. The van der Waals surface area contributed by atoms with Crippen molar-refractivity contribution in [2.24, 2.45) is 7.05 Å². The molecule has 1 saturated heterocycles. The van der Waals surface area contributed by atoms with Gasteiger partial charge in [0.25, 0.3) is 0 Å². The lowest BCUT2D eigenvalue weighted by molar-refractivity contribution is -0.0777. The molecule has 0 bridgehead atoms. The molecule has 1 aliphatic heterocycles. The van der Waals surface area contributed by atoms with Crippen molar-refractivity contribution >= 4 is 23.8 Å². The first-order valence-corrected chi connectivity index (χ1v) is 8.51. The molecule has 2 atom stereocenters. The summed E-state index contributed by atoms with van der Waals surface area (Å²) in [5.74, 6) is 0.787. The summed E-state index contributed by atoms with van der Waals surface area (Å²) in [6.07, 6.45) is 0.444. The van der Waals surface area contributed by atoms with Gasteiger partial charge >= 0.3 is 0 Å². The van der Waals surface area contributed by atoms with Crippen LogP contribution in [0.5, 0.6) is 0 Å². The number of nitrogens with zero attached hydrogens (tertiary/aromatic N) is 4. The summed E-state index contributed by atoms with van der Waals surface area (Å²) in [4.78, 5) is 2.32. The van der Waals surface area contributed by atoms with Gasteiger partial charge in [-0.05, 0) is 38.2 Å². The maximum Gasteiger partial charge on any atom is 0.199 e. The second kappa shape index (κ2) is 6.73. The van der Waals surface area contributed by atoms with E-state index in [0.29, 0.717) is 16.5 Å². The number of benzene rings is 1. The highest BCUT2D eigenvalue weighted by Crippen LogP contribution is 2.26. The van der Waals surface area contributed by atoms with Crippen LogP contribution in [0.15, 0.2) is 24.3 Å². The van der Waals surface area contributed by atoms with E-state index in [4.69, 9.17) is 33.7 Å². The molecular weight excluding hydrogens is 332 g/mol. The third kappa shape index (κ3) is 3.50. The normalized spacial score (nSPS) is 22.4. The molecule has 3 rings (SSSR count). The van der Waals surface area contributed by atoms with E-state index in [-0.39, 0.29) is 12.2 Å². The van der Waals surface area contributed by atoms with Gasteiger partial charge in [0.2, 0.25) is 0 Å². The Morgan fingerprint density at radius 3 is 2.57 bits per heavy atom. The summed E-state index contributed by atoms with van der Waals surface area (Å²) in [5, 5.41) is 5.37. The molecule has 7 heteroatoms.